The van der Waals surface area contributed by atoms with Crippen molar-refractivity contribution in [2.75, 3.05) is 12.4 Å². The van der Waals surface area contributed by atoms with Crippen LogP contribution in [0.3, 0.4) is 0 Å². The third-order valence-electron chi connectivity index (χ3n) is 5.82. The van der Waals surface area contributed by atoms with Gasteiger partial charge in [0.15, 0.2) is 11.5 Å². The molecule has 1 N–H and O–H groups in total. The summed E-state index contributed by atoms with van der Waals surface area (Å²) in [4.78, 5) is 12.8. The van der Waals surface area contributed by atoms with Crippen molar-refractivity contribution in [1.82, 2.24) is 0 Å². The number of ether oxygens (including phenoxy) is 2. The SMILES string of the molecule is COc1cc(/C=C(\C#N)C(=O)Nc2cc(C)ccc2C)cc(Br)c1OCc1cccc2ccccc12. The zero-order valence-electron chi connectivity index (χ0n) is 20.3. The molecule has 4 aromatic rings. The van der Waals surface area contributed by atoms with E-state index in [1.807, 2.05) is 62.4 Å². The minimum atomic E-state index is -0.474. The highest BCUT2D eigenvalue weighted by Gasteiger charge is 2.15. The summed E-state index contributed by atoms with van der Waals surface area (Å²) in [6.45, 7) is 4.21. The lowest BCUT2D eigenvalue weighted by Crippen LogP contribution is -2.14. The number of anilines is 1. The van der Waals surface area contributed by atoms with E-state index in [0.29, 0.717) is 33.8 Å². The first-order chi connectivity index (χ1) is 17.4. The van der Waals surface area contributed by atoms with Gasteiger partial charge in [-0.3, -0.25) is 4.79 Å². The summed E-state index contributed by atoms with van der Waals surface area (Å²) in [5.74, 6) is 0.557. The van der Waals surface area contributed by atoms with Crippen LogP contribution >= 0.6 is 15.9 Å². The molecule has 0 fully saturated rings. The van der Waals surface area contributed by atoms with Crippen molar-refractivity contribution in [1.29, 1.82) is 5.26 Å². The van der Waals surface area contributed by atoms with E-state index in [2.05, 4.69) is 39.4 Å². The molecule has 36 heavy (non-hydrogen) atoms. The number of aryl methyl sites for hydroxylation is 2. The van der Waals surface area contributed by atoms with Crippen molar-refractivity contribution in [3.8, 4) is 17.6 Å². The first-order valence-corrected chi connectivity index (χ1v) is 12.2. The van der Waals surface area contributed by atoms with Crippen LogP contribution in [0.4, 0.5) is 5.69 Å². The zero-order valence-corrected chi connectivity index (χ0v) is 21.8. The van der Waals surface area contributed by atoms with E-state index < -0.39 is 5.91 Å². The van der Waals surface area contributed by atoms with Gasteiger partial charge in [-0.1, -0.05) is 54.6 Å². The van der Waals surface area contributed by atoms with Gasteiger partial charge in [0, 0.05) is 5.69 Å². The van der Waals surface area contributed by atoms with Crippen LogP contribution in [0.5, 0.6) is 11.5 Å². The standard InChI is InChI=1S/C30H25BrN2O3/c1-19-11-12-20(2)27(13-19)33-30(34)24(17-32)14-21-15-26(31)29(28(16-21)35-3)36-18-23-9-6-8-22-7-4-5-10-25(22)23/h4-16H,18H2,1-3H3,(H,33,34)/b24-14+. The predicted molar refractivity (Wildman–Crippen MR) is 147 cm³/mol. The van der Waals surface area contributed by atoms with Crippen LogP contribution in [-0.2, 0) is 11.4 Å². The minimum Gasteiger partial charge on any atom is -0.493 e. The van der Waals surface area contributed by atoms with Gasteiger partial charge in [0.05, 0.1) is 11.6 Å². The van der Waals surface area contributed by atoms with E-state index in [9.17, 15) is 10.1 Å². The Labute approximate surface area is 219 Å². The maximum absolute atomic E-state index is 12.8. The summed E-state index contributed by atoms with van der Waals surface area (Å²) in [6, 6.07) is 25.6. The Bertz CT molecular complexity index is 1510. The van der Waals surface area contributed by atoms with Crippen LogP contribution < -0.4 is 14.8 Å². The van der Waals surface area contributed by atoms with Crippen LogP contribution in [0.2, 0.25) is 0 Å². The second-order valence-corrected chi connectivity index (χ2v) is 9.26. The second-order valence-electron chi connectivity index (χ2n) is 8.40. The Morgan fingerprint density at radius 1 is 1.06 bits per heavy atom. The summed E-state index contributed by atoms with van der Waals surface area (Å²) < 4.78 is 12.4. The lowest BCUT2D eigenvalue weighted by atomic mass is 10.1. The highest BCUT2D eigenvalue weighted by atomic mass is 79.9. The summed E-state index contributed by atoms with van der Waals surface area (Å²) >= 11 is 3.56. The summed E-state index contributed by atoms with van der Waals surface area (Å²) in [5.41, 5.74) is 4.28. The fraction of sp³-hybridized carbons (Fsp3) is 0.133. The van der Waals surface area contributed by atoms with Crippen LogP contribution in [-0.4, -0.2) is 13.0 Å². The monoisotopic (exact) mass is 540 g/mol. The molecule has 6 heteroatoms. The average molecular weight is 541 g/mol. The first kappa shape index (κ1) is 25.0. The van der Waals surface area contributed by atoms with E-state index >= 15 is 0 Å². The van der Waals surface area contributed by atoms with Gasteiger partial charge in [-0.15, -0.1) is 0 Å². The molecule has 0 aliphatic rings. The van der Waals surface area contributed by atoms with Gasteiger partial charge in [-0.2, -0.15) is 5.26 Å². The molecular formula is C30H25BrN2O3. The van der Waals surface area contributed by atoms with Crippen LogP contribution in [0.1, 0.15) is 22.3 Å². The molecule has 0 atom stereocenters. The fourth-order valence-electron chi connectivity index (χ4n) is 3.91. The van der Waals surface area contributed by atoms with Crippen LogP contribution in [0, 0.1) is 25.2 Å². The number of fused-ring (bicyclic) bond motifs is 1. The Hall–Kier alpha value is -4.08. The minimum absolute atomic E-state index is 0.0192. The molecule has 0 aliphatic carbocycles. The quantitative estimate of drug-likeness (QED) is 0.196. The molecule has 0 spiro atoms. The van der Waals surface area contributed by atoms with Crippen molar-refractivity contribution in [2.24, 2.45) is 0 Å². The molecular weight excluding hydrogens is 516 g/mol. The highest BCUT2D eigenvalue weighted by molar-refractivity contribution is 9.10. The molecule has 0 aliphatic heterocycles. The number of hydrogen-bond acceptors (Lipinski definition) is 4. The molecule has 4 rings (SSSR count). The number of methoxy groups -OCH3 is 1. The van der Waals surface area contributed by atoms with E-state index in [1.54, 1.807) is 19.2 Å². The lowest BCUT2D eigenvalue weighted by Gasteiger charge is -2.15. The van der Waals surface area contributed by atoms with Crippen molar-refractivity contribution in [3.05, 3.63) is 105 Å². The third kappa shape index (κ3) is 5.59. The number of carbonyl (C=O) groups excluding carboxylic acids is 1. The Morgan fingerprint density at radius 2 is 1.83 bits per heavy atom. The molecule has 0 aromatic heterocycles. The number of amides is 1. The van der Waals surface area contributed by atoms with Gasteiger partial charge >= 0.3 is 0 Å². The Balaban J connectivity index is 1.58. The number of nitrogens with one attached hydrogen (secondary N) is 1. The normalized spacial score (nSPS) is 11.1. The fourth-order valence-corrected chi connectivity index (χ4v) is 4.48. The number of halogens is 1. The molecule has 5 nitrogen and oxygen atoms in total. The number of rotatable bonds is 7. The van der Waals surface area contributed by atoms with Gasteiger partial charge in [-0.05, 0) is 87.1 Å². The van der Waals surface area contributed by atoms with E-state index in [1.165, 1.54) is 6.08 Å². The van der Waals surface area contributed by atoms with Crippen molar-refractivity contribution < 1.29 is 14.3 Å². The van der Waals surface area contributed by atoms with Gasteiger partial charge in [0.25, 0.3) is 5.91 Å². The molecule has 0 radical (unpaired) electrons. The predicted octanol–water partition coefficient (Wildman–Crippen LogP) is 7.35. The smallest absolute Gasteiger partial charge is 0.266 e. The van der Waals surface area contributed by atoms with Crippen molar-refractivity contribution in [2.45, 2.75) is 20.5 Å². The maximum atomic E-state index is 12.8. The van der Waals surface area contributed by atoms with Crippen molar-refractivity contribution >= 4 is 44.4 Å². The van der Waals surface area contributed by atoms with Gasteiger partial charge in [0.1, 0.15) is 18.2 Å². The summed E-state index contributed by atoms with van der Waals surface area (Å²) in [7, 11) is 1.55. The largest absolute Gasteiger partial charge is 0.493 e. The molecule has 4 aromatic carbocycles. The molecule has 0 unspecified atom stereocenters. The summed E-state index contributed by atoms with van der Waals surface area (Å²) in [5, 5.41) is 14.8. The molecule has 0 heterocycles. The topological polar surface area (TPSA) is 71.3 Å². The maximum Gasteiger partial charge on any atom is 0.266 e. The summed E-state index contributed by atoms with van der Waals surface area (Å²) in [6.07, 6.45) is 1.53. The molecule has 0 bridgehead atoms. The number of nitrogens with zero attached hydrogens (tertiary/aromatic N) is 1. The third-order valence-corrected chi connectivity index (χ3v) is 6.41. The van der Waals surface area contributed by atoms with E-state index in [-0.39, 0.29) is 5.57 Å². The molecule has 1 amide bonds. The number of hydrogen-bond donors (Lipinski definition) is 1. The van der Waals surface area contributed by atoms with E-state index in [4.69, 9.17) is 9.47 Å². The second kappa shape index (κ2) is 11.1. The van der Waals surface area contributed by atoms with E-state index in [0.717, 1.165) is 27.5 Å². The van der Waals surface area contributed by atoms with Gasteiger partial charge < -0.3 is 14.8 Å². The number of nitriles is 1. The average Bonchev–Trinajstić information content (AvgIpc) is 2.88. The number of benzene rings is 4. The Morgan fingerprint density at radius 3 is 2.61 bits per heavy atom. The lowest BCUT2D eigenvalue weighted by molar-refractivity contribution is -0.112. The highest BCUT2D eigenvalue weighted by Crippen LogP contribution is 2.38. The van der Waals surface area contributed by atoms with Crippen molar-refractivity contribution in [3.63, 3.8) is 0 Å². The first-order valence-electron chi connectivity index (χ1n) is 11.4. The molecule has 180 valence electrons. The van der Waals surface area contributed by atoms with Gasteiger partial charge in [-0.25, -0.2) is 0 Å². The molecule has 0 saturated heterocycles. The van der Waals surface area contributed by atoms with Gasteiger partial charge in [0.2, 0.25) is 0 Å². The van der Waals surface area contributed by atoms with Crippen LogP contribution in [0.25, 0.3) is 16.8 Å². The van der Waals surface area contributed by atoms with Crippen LogP contribution in [0.15, 0.2) is 82.8 Å². The zero-order chi connectivity index (χ0) is 25.7. The number of carbonyl (C=O) groups is 1. The Kier molecular flexibility index (Phi) is 7.72. The molecule has 0 saturated carbocycles.